The molecule has 0 rings (SSSR count). The minimum atomic E-state index is 0.940. The molecule has 0 fully saturated rings. The van der Waals surface area contributed by atoms with Crippen LogP contribution in [0.4, 0.5) is 0 Å². The van der Waals surface area contributed by atoms with E-state index in [0.29, 0.717) is 0 Å². The van der Waals surface area contributed by atoms with Crippen LogP contribution < -0.4 is 0 Å². The average Bonchev–Trinajstić information content (AvgIpc) is 2.74. The largest absolute Gasteiger partial charge is 0.0885 e. The van der Waals surface area contributed by atoms with Crippen LogP contribution in [-0.4, -0.2) is 0 Å². The minimum absolute atomic E-state index is 0.940. The average molecular weight is 405 g/mol. The molecule has 0 aliphatic carbocycles. The lowest BCUT2D eigenvalue weighted by molar-refractivity contribution is 0.397. The Hall–Kier alpha value is -0.260. The normalized spacial score (nSPS) is 12.8. The molecule has 1 unspecified atom stereocenters. The Morgan fingerprint density at radius 2 is 0.931 bits per heavy atom. The van der Waals surface area contributed by atoms with Crippen molar-refractivity contribution in [1.29, 1.82) is 0 Å². The molecule has 0 aromatic heterocycles. The van der Waals surface area contributed by atoms with Gasteiger partial charge < -0.3 is 0 Å². The first-order chi connectivity index (χ1) is 14.3. The summed E-state index contributed by atoms with van der Waals surface area (Å²) in [7, 11) is 0. The predicted molar refractivity (Wildman–Crippen MR) is 135 cm³/mol. The van der Waals surface area contributed by atoms with E-state index < -0.39 is 0 Å². The fourth-order valence-electron chi connectivity index (χ4n) is 4.39. The molecule has 0 aliphatic heterocycles. The van der Waals surface area contributed by atoms with Gasteiger partial charge in [0.05, 0.1) is 0 Å². The number of rotatable bonds is 24. The van der Waals surface area contributed by atoms with Crippen LogP contribution in [0.25, 0.3) is 0 Å². The fraction of sp³-hybridized carbons (Fsp3) is 0.862. The van der Waals surface area contributed by atoms with Gasteiger partial charge in [0, 0.05) is 0 Å². The van der Waals surface area contributed by atoms with Crippen molar-refractivity contribution in [3.05, 3.63) is 26.0 Å². The second kappa shape index (κ2) is 25.8. The molecule has 2 radical (unpaired) electrons. The van der Waals surface area contributed by atoms with Gasteiger partial charge in [0.25, 0.3) is 0 Å². The molecule has 0 spiro atoms. The third-order valence-corrected chi connectivity index (χ3v) is 6.51. The van der Waals surface area contributed by atoms with Crippen LogP contribution in [0.5, 0.6) is 0 Å². The first-order valence-electron chi connectivity index (χ1n) is 13.6. The Labute approximate surface area is 186 Å². The van der Waals surface area contributed by atoms with Gasteiger partial charge in [-0.1, -0.05) is 154 Å². The van der Waals surface area contributed by atoms with Crippen LogP contribution in [0.15, 0.2) is 12.2 Å². The van der Waals surface area contributed by atoms with Gasteiger partial charge in [-0.05, 0) is 32.1 Å². The van der Waals surface area contributed by atoms with Gasteiger partial charge in [-0.2, -0.15) is 0 Å². The summed E-state index contributed by atoms with van der Waals surface area (Å²) in [6, 6.07) is 0. The lowest BCUT2D eigenvalue weighted by Crippen LogP contribution is -1.99. The van der Waals surface area contributed by atoms with E-state index in [1.54, 1.807) is 0 Å². The van der Waals surface area contributed by atoms with E-state index in [2.05, 4.69) is 32.9 Å². The highest BCUT2D eigenvalue weighted by Crippen LogP contribution is 2.21. The van der Waals surface area contributed by atoms with Crippen molar-refractivity contribution in [3.63, 3.8) is 0 Å². The zero-order chi connectivity index (χ0) is 21.3. The Morgan fingerprint density at radius 1 is 0.517 bits per heavy atom. The van der Waals surface area contributed by atoms with Crippen molar-refractivity contribution >= 4 is 0 Å². The highest BCUT2D eigenvalue weighted by Gasteiger charge is 2.05. The molecule has 0 aromatic rings. The second-order valence-corrected chi connectivity index (χ2v) is 9.26. The van der Waals surface area contributed by atoms with E-state index in [4.69, 9.17) is 0 Å². The van der Waals surface area contributed by atoms with Crippen LogP contribution >= 0.6 is 0 Å². The monoisotopic (exact) mass is 404 g/mol. The number of hydrogen-bond acceptors (Lipinski definition) is 0. The van der Waals surface area contributed by atoms with Crippen LogP contribution in [0.2, 0.25) is 0 Å². The van der Waals surface area contributed by atoms with Crippen molar-refractivity contribution in [2.75, 3.05) is 0 Å². The first-order valence-corrected chi connectivity index (χ1v) is 13.6. The summed E-state index contributed by atoms with van der Waals surface area (Å²) in [4.78, 5) is 0. The van der Waals surface area contributed by atoms with Gasteiger partial charge in [-0.3, -0.25) is 0 Å². The zero-order valence-electron chi connectivity index (χ0n) is 20.4. The SMILES string of the molecule is [CH2]C/C=C/CCCCC(CC)CCCCCCCCCCCCCCCCC[CH2]. The van der Waals surface area contributed by atoms with E-state index in [0.717, 1.165) is 18.8 Å². The Kier molecular flexibility index (Phi) is 25.5. The van der Waals surface area contributed by atoms with Gasteiger partial charge in [0.1, 0.15) is 0 Å². The molecular formula is C29H56. The second-order valence-electron chi connectivity index (χ2n) is 9.26. The van der Waals surface area contributed by atoms with Gasteiger partial charge in [0.15, 0.2) is 0 Å². The molecule has 0 saturated carbocycles. The van der Waals surface area contributed by atoms with Gasteiger partial charge in [0.2, 0.25) is 0 Å². The molecule has 0 amide bonds. The van der Waals surface area contributed by atoms with Crippen LogP contribution in [0.3, 0.4) is 0 Å². The third-order valence-electron chi connectivity index (χ3n) is 6.51. The van der Waals surface area contributed by atoms with Crippen molar-refractivity contribution in [1.82, 2.24) is 0 Å². The maximum absolute atomic E-state index is 3.92. The molecule has 0 aromatic carbocycles. The van der Waals surface area contributed by atoms with Crippen molar-refractivity contribution in [3.8, 4) is 0 Å². The molecule has 0 heteroatoms. The minimum Gasteiger partial charge on any atom is -0.0885 e. The fourth-order valence-corrected chi connectivity index (χ4v) is 4.39. The molecule has 0 saturated heterocycles. The topological polar surface area (TPSA) is 0 Å². The van der Waals surface area contributed by atoms with Crippen molar-refractivity contribution < 1.29 is 0 Å². The lowest BCUT2D eigenvalue weighted by Gasteiger charge is -2.14. The number of allylic oxidation sites excluding steroid dienone is 2. The molecule has 0 nitrogen and oxygen atoms in total. The van der Waals surface area contributed by atoms with Crippen molar-refractivity contribution in [2.45, 2.75) is 155 Å². The third kappa shape index (κ3) is 23.9. The molecule has 29 heavy (non-hydrogen) atoms. The summed E-state index contributed by atoms with van der Waals surface area (Å²) >= 11 is 0. The van der Waals surface area contributed by atoms with Crippen LogP contribution in [-0.2, 0) is 0 Å². The Balaban J connectivity index is 3.24. The van der Waals surface area contributed by atoms with E-state index in [9.17, 15) is 0 Å². The summed E-state index contributed by atoms with van der Waals surface area (Å²) in [5.41, 5.74) is 0. The molecular weight excluding hydrogens is 348 g/mol. The maximum atomic E-state index is 3.92. The van der Waals surface area contributed by atoms with Gasteiger partial charge in [-0.15, -0.1) is 0 Å². The van der Waals surface area contributed by atoms with E-state index in [1.165, 1.54) is 135 Å². The Morgan fingerprint density at radius 3 is 1.34 bits per heavy atom. The molecule has 172 valence electrons. The summed E-state index contributed by atoms with van der Waals surface area (Å²) < 4.78 is 0. The quantitative estimate of drug-likeness (QED) is 0.111. The van der Waals surface area contributed by atoms with Gasteiger partial charge in [-0.25, -0.2) is 0 Å². The zero-order valence-corrected chi connectivity index (χ0v) is 20.4. The molecule has 0 heterocycles. The summed E-state index contributed by atoms with van der Waals surface area (Å²) in [5.74, 6) is 0.982. The van der Waals surface area contributed by atoms with Crippen LogP contribution in [0, 0.1) is 19.8 Å². The highest BCUT2D eigenvalue weighted by atomic mass is 14.1. The number of hydrogen-bond donors (Lipinski definition) is 0. The molecule has 0 bridgehead atoms. The maximum Gasteiger partial charge on any atom is -0.0351 e. The Bertz CT molecular complexity index is 303. The summed E-state index contributed by atoms with van der Waals surface area (Å²) in [6.45, 7) is 10.2. The predicted octanol–water partition coefficient (Wildman–Crippen LogP) is 10.8. The summed E-state index contributed by atoms with van der Waals surface area (Å²) in [5, 5.41) is 0. The van der Waals surface area contributed by atoms with E-state index >= 15 is 0 Å². The van der Waals surface area contributed by atoms with E-state index in [1.807, 2.05) is 0 Å². The standard InChI is InChI=1S/C29H56/c1-4-7-9-11-13-14-15-16-17-18-19-20-21-22-24-26-28-29(6-3)27-25-23-12-10-8-5-2/h8,10,29H,1-2,4-7,9,11-28H2,3H3/b10-8+. The molecule has 0 N–H and O–H groups in total. The number of unbranched alkanes of at least 4 members (excludes halogenated alkanes) is 17. The summed E-state index contributed by atoms with van der Waals surface area (Å²) in [6.07, 6.45) is 36.7. The van der Waals surface area contributed by atoms with Crippen LogP contribution in [0.1, 0.15) is 155 Å². The van der Waals surface area contributed by atoms with Crippen molar-refractivity contribution in [2.24, 2.45) is 5.92 Å². The van der Waals surface area contributed by atoms with E-state index in [-0.39, 0.29) is 0 Å². The smallest absolute Gasteiger partial charge is 0.0351 e. The first kappa shape index (κ1) is 28.7. The molecule has 1 atom stereocenters. The lowest BCUT2D eigenvalue weighted by atomic mass is 9.92. The van der Waals surface area contributed by atoms with Gasteiger partial charge >= 0.3 is 0 Å². The highest BCUT2D eigenvalue weighted by molar-refractivity contribution is 4.82. The molecule has 0 aliphatic rings.